The zero-order valence-electron chi connectivity index (χ0n) is 10.6. The summed E-state index contributed by atoms with van der Waals surface area (Å²) in [6.45, 7) is 9.92. The van der Waals surface area contributed by atoms with E-state index in [0.717, 1.165) is 37.5 Å². The van der Waals surface area contributed by atoms with Crippen molar-refractivity contribution in [3.63, 3.8) is 0 Å². The van der Waals surface area contributed by atoms with Crippen molar-refractivity contribution in [3.8, 4) is 0 Å². The smallest absolute Gasteiger partial charge is 0.339 e. The molecule has 0 radical (unpaired) electrons. The average molecular weight is 222 g/mol. The second kappa shape index (κ2) is 5.36. The van der Waals surface area contributed by atoms with Crippen molar-refractivity contribution in [1.82, 2.24) is 0 Å². The SMILES string of the molecule is C=C=CC(=O)OC1(C)CCC(C(C)C)CC1. The Morgan fingerprint density at radius 2 is 2.06 bits per heavy atom. The van der Waals surface area contributed by atoms with Crippen LogP contribution in [0, 0.1) is 11.8 Å². The van der Waals surface area contributed by atoms with Crippen LogP contribution in [0.4, 0.5) is 0 Å². The summed E-state index contributed by atoms with van der Waals surface area (Å²) in [6, 6.07) is 0. The Morgan fingerprint density at radius 3 is 2.50 bits per heavy atom. The van der Waals surface area contributed by atoms with Crippen molar-refractivity contribution >= 4 is 5.97 Å². The maximum atomic E-state index is 11.4. The van der Waals surface area contributed by atoms with Crippen LogP contribution in [-0.4, -0.2) is 11.6 Å². The van der Waals surface area contributed by atoms with Crippen LogP contribution in [0.15, 0.2) is 18.4 Å². The molecule has 0 bridgehead atoms. The zero-order valence-corrected chi connectivity index (χ0v) is 10.6. The van der Waals surface area contributed by atoms with Crippen molar-refractivity contribution in [2.24, 2.45) is 11.8 Å². The minimum Gasteiger partial charge on any atom is -0.456 e. The van der Waals surface area contributed by atoms with Gasteiger partial charge < -0.3 is 4.74 Å². The number of carbonyl (C=O) groups is 1. The van der Waals surface area contributed by atoms with Crippen LogP contribution < -0.4 is 0 Å². The van der Waals surface area contributed by atoms with E-state index >= 15 is 0 Å². The molecule has 1 rings (SSSR count). The predicted octanol–water partition coefficient (Wildman–Crippen LogP) is 3.48. The molecule has 0 spiro atoms. The monoisotopic (exact) mass is 222 g/mol. The molecule has 2 nitrogen and oxygen atoms in total. The van der Waals surface area contributed by atoms with Gasteiger partial charge in [-0.1, -0.05) is 20.4 Å². The summed E-state index contributed by atoms with van der Waals surface area (Å²) in [6.07, 6.45) is 5.50. The highest BCUT2D eigenvalue weighted by Gasteiger charge is 2.34. The lowest BCUT2D eigenvalue weighted by Gasteiger charge is -2.37. The second-order valence-corrected chi connectivity index (χ2v) is 5.30. The maximum Gasteiger partial charge on any atom is 0.339 e. The molecule has 0 N–H and O–H groups in total. The zero-order chi connectivity index (χ0) is 12.2. The normalized spacial score (nSPS) is 29.6. The molecule has 16 heavy (non-hydrogen) atoms. The third-order valence-corrected chi connectivity index (χ3v) is 3.60. The average Bonchev–Trinajstić information content (AvgIpc) is 2.17. The van der Waals surface area contributed by atoms with Gasteiger partial charge >= 0.3 is 5.97 Å². The quantitative estimate of drug-likeness (QED) is 0.415. The summed E-state index contributed by atoms with van der Waals surface area (Å²) in [7, 11) is 0. The first-order valence-electron chi connectivity index (χ1n) is 6.05. The molecule has 0 saturated heterocycles. The highest BCUT2D eigenvalue weighted by Crippen LogP contribution is 2.37. The maximum absolute atomic E-state index is 11.4. The van der Waals surface area contributed by atoms with Crippen LogP contribution in [0.3, 0.4) is 0 Å². The first-order valence-corrected chi connectivity index (χ1v) is 6.05. The fraction of sp³-hybridized carbons (Fsp3) is 0.714. The van der Waals surface area contributed by atoms with E-state index in [4.69, 9.17) is 4.74 Å². The highest BCUT2D eigenvalue weighted by molar-refractivity contribution is 5.82. The van der Waals surface area contributed by atoms with Crippen LogP contribution in [0.5, 0.6) is 0 Å². The first-order chi connectivity index (χ1) is 7.47. The summed E-state index contributed by atoms with van der Waals surface area (Å²) in [5.74, 6) is 1.19. The minimum absolute atomic E-state index is 0.282. The molecular weight excluding hydrogens is 200 g/mol. The lowest BCUT2D eigenvalue weighted by atomic mass is 9.75. The van der Waals surface area contributed by atoms with E-state index in [-0.39, 0.29) is 11.6 Å². The standard InChI is InChI=1S/C14H22O2/c1-5-6-13(15)16-14(4)9-7-12(8-10-14)11(2)3/h6,11-12H,1,7-10H2,2-4H3. The van der Waals surface area contributed by atoms with E-state index in [1.54, 1.807) is 0 Å². The highest BCUT2D eigenvalue weighted by atomic mass is 16.6. The number of hydrogen-bond donors (Lipinski definition) is 0. The minimum atomic E-state index is -0.319. The van der Waals surface area contributed by atoms with Crippen LogP contribution in [-0.2, 0) is 9.53 Å². The van der Waals surface area contributed by atoms with Gasteiger partial charge in [0, 0.05) is 0 Å². The molecule has 1 aliphatic carbocycles. The van der Waals surface area contributed by atoms with Crippen LogP contribution in [0.2, 0.25) is 0 Å². The van der Waals surface area contributed by atoms with Gasteiger partial charge in [0.15, 0.2) is 0 Å². The van der Waals surface area contributed by atoms with Crippen LogP contribution in [0.25, 0.3) is 0 Å². The van der Waals surface area contributed by atoms with Crippen molar-refractivity contribution < 1.29 is 9.53 Å². The second-order valence-electron chi connectivity index (χ2n) is 5.30. The van der Waals surface area contributed by atoms with Gasteiger partial charge in [-0.2, -0.15) is 0 Å². The summed E-state index contributed by atoms with van der Waals surface area (Å²) < 4.78 is 5.45. The largest absolute Gasteiger partial charge is 0.456 e. The summed E-state index contributed by atoms with van der Waals surface area (Å²) in [5.41, 5.74) is 2.17. The lowest BCUT2D eigenvalue weighted by molar-refractivity contribution is -0.156. The molecular formula is C14H22O2. The Hall–Kier alpha value is -1.01. The Balaban J connectivity index is 2.50. The molecule has 0 heterocycles. The van der Waals surface area contributed by atoms with E-state index in [1.807, 2.05) is 6.92 Å². The van der Waals surface area contributed by atoms with E-state index in [9.17, 15) is 4.79 Å². The number of esters is 1. The van der Waals surface area contributed by atoms with Gasteiger partial charge in [0.05, 0.1) is 6.08 Å². The molecule has 0 aromatic heterocycles. The molecule has 0 amide bonds. The number of hydrogen-bond acceptors (Lipinski definition) is 2. The summed E-state index contributed by atoms with van der Waals surface area (Å²) >= 11 is 0. The molecule has 2 heteroatoms. The van der Waals surface area contributed by atoms with Crippen molar-refractivity contribution in [2.45, 2.75) is 52.1 Å². The number of ether oxygens (including phenoxy) is 1. The Kier molecular flexibility index (Phi) is 4.37. The fourth-order valence-electron chi connectivity index (χ4n) is 2.38. The van der Waals surface area contributed by atoms with Crippen molar-refractivity contribution in [3.05, 3.63) is 18.4 Å². The first kappa shape index (κ1) is 13.1. The third-order valence-electron chi connectivity index (χ3n) is 3.60. The van der Waals surface area contributed by atoms with Gasteiger partial charge in [0.2, 0.25) is 0 Å². The Bertz CT molecular complexity index is 290. The van der Waals surface area contributed by atoms with Crippen LogP contribution >= 0.6 is 0 Å². The molecule has 90 valence electrons. The third kappa shape index (κ3) is 3.53. The Labute approximate surface area is 98.4 Å². The number of carbonyl (C=O) groups excluding carboxylic acids is 1. The number of rotatable bonds is 3. The molecule has 0 atom stereocenters. The van der Waals surface area contributed by atoms with Gasteiger partial charge in [0.1, 0.15) is 5.60 Å². The van der Waals surface area contributed by atoms with Gasteiger partial charge in [0.25, 0.3) is 0 Å². The predicted molar refractivity (Wildman–Crippen MR) is 65.0 cm³/mol. The van der Waals surface area contributed by atoms with Crippen LogP contribution in [0.1, 0.15) is 46.5 Å². The molecule has 0 aromatic rings. The van der Waals surface area contributed by atoms with Gasteiger partial charge in [-0.3, -0.25) is 0 Å². The van der Waals surface area contributed by atoms with Crippen molar-refractivity contribution in [1.29, 1.82) is 0 Å². The van der Waals surface area contributed by atoms with E-state index < -0.39 is 0 Å². The summed E-state index contributed by atoms with van der Waals surface area (Å²) in [5, 5.41) is 0. The van der Waals surface area contributed by atoms with E-state index in [0.29, 0.717) is 0 Å². The lowest BCUT2D eigenvalue weighted by Crippen LogP contribution is -2.36. The Morgan fingerprint density at radius 1 is 1.50 bits per heavy atom. The molecule has 1 aliphatic rings. The summed E-state index contributed by atoms with van der Waals surface area (Å²) in [4.78, 5) is 11.4. The fourth-order valence-corrected chi connectivity index (χ4v) is 2.38. The topological polar surface area (TPSA) is 26.3 Å². The van der Waals surface area contributed by atoms with Gasteiger partial charge in [-0.05, 0) is 44.4 Å². The molecule has 1 saturated carbocycles. The van der Waals surface area contributed by atoms with Gasteiger partial charge in [-0.15, -0.1) is 5.73 Å². The molecule has 0 aromatic carbocycles. The van der Waals surface area contributed by atoms with E-state index in [2.05, 4.69) is 26.2 Å². The van der Waals surface area contributed by atoms with Gasteiger partial charge in [-0.25, -0.2) is 4.79 Å². The molecule has 0 unspecified atom stereocenters. The van der Waals surface area contributed by atoms with Crippen molar-refractivity contribution in [2.75, 3.05) is 0 Å². The van der Waals surface area contributed by atoms with E-state index in [1.165, 1.54) is 6.08 Å². The molecule has 0 aliphatic heterocycles. The molecule has 1 fully saturated rings.